The molecule has 0 unspecified atom stereocenters. The average Bonchev–Trinajstić information content (AvgIpc) is 3.89. The third kappa shape index (κ3) is 4.53. The molecule has 0 radical (unpaired) electrons. The van der Waals surface area contributed by atoms with Crippen LogP contribution in [0.2, 0.25) is 0 Å². The molecule has 5 heteroatoms. The van der Waals surface area contributed by atoms with Crippen molar-refractivity contribution >= 4 is 65.4 Å². The quantitative estimate of drug-likeness (QED) is 0.174. The van der Waals surface area contributed by atoms with Gasteiger partial charge in [-0.3, -0.25) is 0 Å². The summed E-state index contributed by atoms with van der Waals surface area (Å²) in [7, 11) is 0. The summed E-state index contributed by atoms with van der Waals surface area (Å²) in [4.78, 5) is 14.7. The number of rotatable bonds is 4. The van der Waals surface area contributed by atoms with Crippen molar-refractivity contribution in [2.75, 3.05) is 0 Å². The van der Waals surface area contributed by atoms with E-state index in [1.165, 1.54) is 12.1 Å². The maximum Gasteiger partial charge on any atom is 0.164 e. The highest BCUT2D eigenvalue weighted by atomic mass is 16.3. The first kappa shape index (κ1) is 19.9. The molecule has 0 saturated carbocycles. The number of benzene rings is 8. The van der Waals surface area contributed by atoms with E-state index in [1.807, 2.05) is 66.7 Å². The van der Waals surface area contributed by atoms with Gasteiger partial charge in [-0.05, 0) is 75.0 Å². The highest BCUT2D eigenvalue weighted by Gasteiger charge is 2.19. The van der Waals surface area contributed by atoms with Crippen LogP contribution in [0.25, 0.3) is 111 Å². The van der Waals surface area contributed by atoms with Gasteiger partial charge >= 0.3 is 0 Å². The van der Waals surface area contributed by atoms with E-state index in [0.717, 1.165) is 21.5 Å². The minimum atomic E-state index is -0.564. The van der Waals surface area contributed by atoms with Crippen molar-refractivity contribution in [1.82, 2.24) is 15.0 Å². The van der Waals surface area contributed by atoms with Crippen LogP contribution in [0.4, 0.5) is 0 Å². The fourth-order valence-electron chi connectivity index (χ4n) is 6.80. The third-order valence-corrected chi connectivity index (χ3v) is 9.26. The van der Waals surface area contributed by atoms with Gasteiger partial charge in [-0.2, -0.15) is 0 Å². The number of furan rings is 2. The molecule has 11 rings (SSSR count). The number of para-hydroxylation sites is 1. The second-order valence-electron chi connectivity index (χ2n) is 12.3. The Hall–Kier alpha value is -7.11. The standard InChI is InChI=1S/C47H27N3O2/c1-2-10-29(11-3-1)45-48-46(33-20-22-35-32(25-33)18-17-28-9-4-5-12-34(28)35)50-47(49-45)38-14-8-16-42-44(38)39-26-30(21-24-41(39)51-42)31-19-23-37-36-13-6-7-15-40(36)52-43(37)27-31/h1-27H/i6D,7D,13D,14D,15D,16D,19D,21D,23D,24D,27D. The summed E-state index contributed by atoms with van der Waals surface area (Å²) >= 11 is 0. The minimum Gasteiger partial charge on any atom is -0.456 e. The summed E-state index contributed by atoms with van der Waals surface area (Å²) in [6.07, 6.45) is 0. The van der Waals surface area contributed by atoms with E-state index in [4.69, 9.17) is 36.1 Å². The van der Waals surface area contributed by atoms with Gasteiger partial charge in [0.1, 0.15) is 22.3 Å². The highest BCUT2D eigenvalue weighted by Crippen LogP contribution is 2.40. The molecule has 242 valence electrons. The van der Waals surface area contributed by atoms with Gasteiger partial charge in [-0.1, -0.05) is 121 Å². The summed E-state index contributed by atoms with van der Waals surface area (Å²) in [5.41, 5.74) is 0.423. The smallest absolute Gasteiger partial charge is 0.164 e. The lowest BCUT2D eigenvalue weighted by molar-refractivity contribution is 0.669. The molecule has 5 nitrogen and oxygen atoms in total. The molecule has 0 aliphatic rings. The third-order valence-electron chi connectivity index (χ3n) is 9.26. The zero-order valence-electron chi connectivity index (χ0n) is 37.9. The lowest BCUT2D eigenvalue weighted by Gasteiger charge is -2.10. The van der Waals surface area contributed by atoms with E-state index >= 15 is 0 Å². The lowest BCUT2D eigenvalue weighted by Crippen LogP contribution is -2.00. The van der Waals surface area contributed by atoms with Crippen LogP contribution in [-0.2, 0) is 0 Å². The molecular formula is C47H27N3O2. The first-order valence-corrected chi connectivity index (χ1v) is 16.4. The largest absolute Gasteiger partial charge is 0.456 e. The molecule has 0 bridgehead atoms. The predicted molar refractivity (Wildman–Crippen MR) is 211 cm³/mol. The van der Waals surface area contributed by atoms with Gasteiger partial charge in [0, 0.05) is 38.2 Å². The number of hydrogen-bond acceptors (Lipinski definition) is 5. The summed E-state index contributed by atoms with van der Waals surface area (Å²) in [5, 5.41) is 4.25. The molecule has 0 spiro atoms. The highest BCUT2D eigenvalue weighted by molar-refractivity contribution is 6.13. The van der Waals surface area contributed by atoms with Gasteiger partial charge < -0.3 is 8.83 Å². The second-order valence-corrected chi connectivity index (χ2v) is 12.3. The van der Waals surface area contributed by atoms with Crippen molar-refractivity contribution in [3.8, 4) is 45.3 Å². The summed E-state index contributed by atoms with van der Waals surface area (Å²) < 4.78 is 109. The van der Waals surface area contributed by atoms with E-state index in [1.54, 1.807) is 0 Å². The Kier molecular flexibility index (Phi) is 4.29. The van der Waals surface area contributed by atoms with Crippen molar-refractivity contribution in [1.29, 1.82) is 0 Å². The number of fused-ring (bicyclic) bond motifs is 9. The molecule has 0 saturated heterocycles. The van der Waals surface area contributed by atoms with Crippen molar-refractivity contribution in [2.45, 2.75) is 0 Å². The molecule has 0 fully saturated rings. The molecular weight excluding hydrogens is 639 g/mol. The molecule has 0 N–H and O–H groups in total. The van der Waals surface area contributed by atoms with Gasteiger partial charge in [-0.25, -0.2) is 15.0 Å². The SMILES string of the molecule is [2H]c1cc([2H])c2oc3c([2H])c([2H])c(-c4c([2H])c([2H])c5c(oc6c([2H])c([2H])c([2H])c([2H])c65)c4[2H])cc3c2c1-c1nc(-c2ccccc2)nc(-c2ccc3c(ccc4ccccc43)c2)n1. The summed E-state index contributed by atoms with van der Waals surface area (Å²) in [6.45, 7) is 0. The van der Waals surface area contributed by atoms with Gasteiger partial charge in [0.2, 0.25) is 0 Å². The number of nitrogens with zero attached hydrogens (tertiary/aromatic N) is 3. The van der Waals surface area contributed by atoms with Crippen LogP contribution in [0.5, 0.6) is 0 Å². The maximum absolute atomic E-state index is 9.30. The molecule has 3 aromatic heterocycles. The molecule has 3 heterocycles. The monoisotopic (exact) mass is 676 g/mol. The van der Waals surface area contributed by atoms with Crippen LogP contribution in [0, 0.1) is 0 Å². The molecule has 0 aliphatic carbocycles. The first-order valence-electron chi connectivity index (χ1n) is 21.9. The second kappa shape index (κ2) is 11.2. The Morgan fingerprint density at radius 3 is 2.08 bits per heavy atom. The summed E-state index contributed by atoms with van der Waals surface area (Å²) in [5.74, 6) is 0.681. The molecule has 0 amide bonds. The Labute approximate surface area is 312 Å². The van der Waals surface area contributed by atoms with Crippen molar-refractivity contribution < 1.29 is 23.9 Å². The Balaban J connectivity index is 1.18. The zero-order chi connectivity index (χ0) is 43.7. The van der Waals surface area contributed by atoms with Gasteiger partial charge in [0.25, 0.3) is 0 Å². The predicted octanol–water partition coefficient (Wildman–Crippen LogP) is 12.6. The fraction of sp³-hybridized carbons (Fsp3) is 0. The van der Waals surface area contributed by atoms with Crippen LogP contribution in [-0.4, -0.2) is 15.0 Å². The van der Waals surface area contributed by atoms with Crippen molar-refractivity contribution in [3.05, 3.63) is 164 Å². The lowest BCUT2D eigenvalue weighted by atomic mass is 9.99. The topological polar surface area (TPSA) is 65.0 Å². The van der Waals surface area contributed by atoms with E-state index < -0.39 is 54.4 Å². The molecule has 8 aromatic carbocycles. The Morgan fingerprint density at radius 1 is 0.404 bits per heavy atom. The zero-order valence-corrected chi connectivity index (χ0v) is 26.9. The Bertz CT molecular complexity index is 3830. The normalized spacial score (nSPS) is 14.8. The average molecular weight is 677 g/mol. The molecule has 11 aromatic rings. The molecule has 0 atom stereocenters. The van der Waals surface area contributed by atoms with Gasteiger partial charge in [0.05, 0.1) is 15.1 Å². The summed E-state index contributed by atoms with van der Waals surface area (Å²) in [6, 6.07) is 25.3. The number of aromatic nitrogens is 3. The van der Waals surface area contributed by atoms with Crippen LogP contribution in [0.15, 0.2) is 172 Å². The van der Waals surface area contributed by atoms with Gasteiger partial charge in [0.15, 0.2) is 17.5 Å². The van der Waals surface area contributed by atoms with E-state index in [2.05, 4.69) is 18.2 Å². The van der Waals surface area contributed by atoms with Crippen LogP contribution in [0.3, 0.4) is 0 Å². The van der Waals surface area contributed by atoms with E-state index in [-0.39, 0.29) is 78.5 Å². The van der Waals surface area contributed by atoms with Crippen molar-refractivity contribution in [2.24, 2.45) is 0 Å². The van der Waals surface area contributed by atoms with E-state index in [0.29, 0.717) is 22.8 Å². The van der Waals surface area contributed by atoms with Gasteiger partial charge in [-0.15, -0.1) is 0 Å². The fourth-order valence-corrected chi connectivity index (χ4v) is 6.80. The van der Waals surface area contributed by atoms with Crippen molar-refractivity contribution in [3.63, 3.8) is 0 Å². The number of hydrogen-bond donors (Lipinski definition) is 0. The molecule has 0 aliphatic heterocycles. The minimum absolute atomic E-state index is 0.0173. The van der Waals surface area contributed by atoms with E-state index in [9.17, 15) is 2.74 Å². The van der Waals surface area contributed by atoms with Crippen LogP contribution >= 0.6 is 0 Å². The van der Waals surface area contributed by atoms with Crippen LogP contribution < -0.4 is 0 Å². The maximum atomic E-state index is 9.30. The molecule has 52 heavy (non-hydrogen) atoms. The Morgan fingerprint density at radius 2 is 1.13 bits per heavy atom. The van der Waals surface area contributed by atoms with Crippen LogP contribution in [0.1, 0.15) is 15.1 Å². The first-order chi connectivity index (χ1) is 30.3.